The largest absolute Gasteiger partial charge is 0.495 e. The molecule has 0 N–H and O–H groups in total. The van der Waals surface area contributed by atoms with Gasteiger partial charge < -0.3 is 19.3 Å². The van der Waals surface area contributed by atoms with E-state index in [0.717, 1.165) is 5.56 Å². The fourth-order valence-electron chi connectivity index (χ4n) is 3.42. The van der Waals surface area contributed by atoms with Crippen LogP contribution < -0.4 is 14.4 Å². The number of carbonyl (C=O) groups excluding carboxylic acids is 2. The van der Waals surface area contributed by atoms with Gasteiger partial charge in [0.1, 0.15) is 11.5 Å². The van der Waals surface area contributed by atoms with E-state index >= 15 is 0 Å². The molecule has 6 nitrogen and oxygen atoms in total. The number of hydrogen-bond donors (Lipinski definition) is 0. The van der Waals surface area contributed by atoms with Gasteiger partial charge in [0.25, 0.3) is 0 Å². The number of nitrogens with zero attached hydrogens (tertiary/aromatic N) is 2. The average Bonchev–Trinajstić information content (AvgIpc) is 3.09. The summed E-state index contributed by atoms with van der Waals surface area (Å²) in [6.45, 7) is -2.39. The van der Waals surface area contributed by atoms with E-state index < -0.39 is 12.5 Å². The fourth-order valence-corrected chi connectivity index (χ4v) is 3.59. The van der Waals surface area contributed by atoms with E-state index in [2.05, 4.69) is 4.74 Å². The van der Waals surface area contributed by atoms with E-state index in [9.17, 15) is 18.4 Å². The number of ether oxygens (including phenoxy) is 2. The number of carbonyl (C=O) groups is 2. The molecule has 2 aromatic rings. The molecule has 2 aromatic carbocycles. The lowest BCUT2D eigenvalue weighted by atomic mass is 10.1. The molecule has 0 saturated carbocycles. The Morgan fingerprint density at radius 3 is 2.60 bits per heavy atom. The number of rotatable bonds is 7. The zero-order valence-corrected chi connectivity index (χ0v) is 17.2. The molecule has 1 fully saturated rings. The molecule has 1 saturated heterocycles. The summed E-state index contributed by atoms with van der Waals surface area (Å²) in [5.41, 5.74) is 1.28. The first-order valence-corrected chi connectivity index (χ1v) is 9.59. The third kappa shape index (κ3) is 4.99. The fraction of sp³-hybridized carbons (Fsp3) is 0.333. The molecule has 1 unspecified atom stereocenters. The molecule has 160 valence electrons. The summed E-state index contributed by atoms with van der Waals surface area (Å²) in [6, 6.07) is 11.1. The highest BCUT2D eigenvalue weighted by Crippen LogP contribution is 2.35. The quantitative estimate of drug-likeness (QED) is 0.656. The van der Waals surface area contributed by atoms with Crippen molar-refractivity contribution in [3.8, 4) is 11.5 Å². The third-order valence-corrected chi connectivity index (χ3v) is 5.09. The molecule has 0 aromatic heterocycles. The molecule has 0 spiro atoms. The minimum atomic E-state index is -2.89. The molecular formula is C21H21ClF2N2O4. The van der Waals surface area contributed by atoms with Crippen LogP contribution in [0.2, 0.25) is 5.02 Å². The molecule has 1 aliphatic rings. The van der Waals surface area contributed by atoms with Gasteiger partial charge in [0, 0.05) is 31.6 Å². The van der Waals surface area contributed by atoms with Gasteiger partial charge in [-0.1, -0.05) is 23.7 Å². The first kappa shape index (κ1) is 21.8. The summed E-state index contributed by atoms with van der Waals surface area (Å²) in [7, 11) is 3.14. The molecule has 2 amide bonds. The van der Waals surface area contributed by atoms with Crippen LogP contribution in [0.4, 0.5) is 14.5 Å². The van der Waals surface area contributed by atoms with E-state index in [1.807, 2.05) is 0 Å². The molecule has 30 heavy (non-hydrogen) atoms. The smallest absolute Gasteiger partial charge is 0.387 e. The zero-order chi connectivity index (χ0) is 21.8. The molecule has 1 atom stereocenters. The first-order valence-electron chi connectivity index (χ1n) is 9.21. The normalized spacial score (nSPS) is 16.1. The van der Waals surface area contributed by atoms with Crippen LogP contribution in [-0.4, -0.2) is 44.0 Å². The maximum atomic E-state index is 12.9. The van der Waals surface area contributed by atoms with Crippen molar-refractivity contribution in [1.82, 2.24) is 4.90 Å². The van der Waals surface area contributed by atoms with E-state index in [1.165, 1.54) is 29.0 Å². The Morgan fingerprint density at radius 2 is 1.97 bits per heavy atom. The van der Waals surface area contributed by atoms with Crippen molar-refractivity contribution in [2.45, 2.75) is 19.6 Å². The second-order valence-electron chi connectivity index (χ2n) is 6.94. The van der Waals surface area contributed by atoms with Crippen LogP contribution in [-0.2, 0) is 16.1 Å². The summed E-state index contributed by atoms with van der Waals surface area (Å²) in [6.07, 6.45) is 0.0833. The number of methoxy groups -OCH3 is 1. The molecule has 1 aliphatic heterocycles. The van der Waals surface area contributed by atoms with E-state index in [0.29, 0.717) is 16.5 Å². The molecule has 0 radical (unpaired) electrons. The Labute approximate surface area is 177 Å². The van der Waals surface area contributed by atoms with Crippen LogP contribution in [0.25, 0.3) is 0 Å². The van der Waals surface area contributed by atoms with Crippen molar-refractivity contribution in [2.75, 3.05) is 25.6 Å². The summed E-state index contributed by atoms with van der Waals surface area (Å²) in [5, 5.41) is 0.463. The monoisotopic (exact) mass is 438 g/mol. The predicted octanol–water partition coefficient (Wildman–Crippen LogP) is 3.96. The lowest BCUT2D eigenvalue weighted by molar-refractivity contribution is -0.135. The van der Waals surface area contributed by atoms with Gasteiger partial charge in [-0.05, 0) is 35.9 Å². The standard InChI is InChI=1S/C21H21ClF2N2O4/c1-25(11-13-3-6-16(7-4-13)30-21(23)24)20(28)14-9-19(27)26(12-14)17-10-15(22)5-8-18(17)29-2/h3-8,10,14,21H,9,11-12H2,1-2H3. The Bertz CT molecular complexity index is 924. The van der Waals surface area contributed by atoms with Gasteiger partial charge in [-0.25, -0.2) is 0 Å². The summed E-state index contributed by atoms with van der Waals surface area (Å²) in [5.74, 6) is -0.321. The van der Waals surface area contributed by atoms with E-state index in [1.54, 1.807) is 37.4 Å². The van der Waals surface area contributed by atoms with Crippen LogP contribution in [0.15, 0.2) is 42.5 Å². The highest BCUT2D eigenvalue weighted by Gasteiger charge is 2.37. The van der Waals surface area contributed by atoms with Gasteiger partial charge in [-0.3, -0.25) is 9.59 Å². The minimum absolute atomic E-state index is 0.0511. The van der Waals surface area contributed by atoms with E-state index in [4.69, 9.17) is 16.3 Å². The van der Waals surface area contributed by atoms with Crippen LogP contribution in [0.1, 0.15) is 12.0 Å². The number of alkyl halides is 2. The predicted molar refractivity (Wildman–Crippen MR) is 108 cm³/mol. The topological polar surface area (TPSA) is 59.1 Å². The summed E-state index contributed by atoms with van der Waals surface area (Å²) in [4.78, 5) is 28.5. The van der Waals surface area contributed by atoms with Crippen molar-refractivity contribution in [1.29, 1.82) is 0 Å². The molecule has 0 bridgehead atoms. The van der Waals surface area contributed by atoms with Crippen LogP contribution in [0.3, 0.4) is 0 Å². The number of hydrogen-bond acceptors (Lipinski definition) is 4. The Balaban J connectivity index is 1.66. The maximum absolute atomic E-state index is 12.9. The van der Waals surface area contributed by atoms with Gasteiger partial charge in [0.15, 0.2) is 0 Å². The van der Waals surface area contributed by atoms with E-state index in [-0.39, 0.29) is 37.1 Å². The van der Waals surface area contributed by atoms with Gasteiger partial charge in [-0.2, -0.15) is 8.78 Å². The molecular weight excluding hydrogens is 418 g/mol. The van der Waals surface area contributed by atoms with Crippen LogP contribution in [0, 0.1) is 5.92 Å². The lowest BCUT2D eigenvalue weighted by Crippen LogP contribution is -2.34. The van der Waals surface area contributed by atoms with Gasteiger partial charge >= 0.3 is 6.61 Å². The van der Waals surface area contributed by atoms with Crippen LogP contribution >= 0.6 is 11.6 Å². The number of anilines is 1. The third-order valence-electron chi connectivity index (χ3n) is 4.85. The second-order valence-corrected chi connectivity index (χ2v) is 7.37. The van der Waals surface area contributed by atoms with Gasteiger partial charge in [0.05, 0.1) is 18.7 Å². The molecule has 9 heteroatoms. The number of benzene rings is 2. The van der Waals surface area contributed by atoms with Crippen molar-refractivity contribution >= 4 is 29.1 Å². The number of amides is 2. The molecule has 0 aliphatic carbocycles. The number of halogens is 3. The van der Waals surface area contributed by atoms with Gasteiger partial charge in [0.2, 0.25) is 11.8 Å². The Hall–Kier alpha value is -2.87. The van der Waals surface area contributed by atoms with Crippen molar-refractivity contribution < 1.29 is 27.8 Å². The maximum Gasteiger partial charge on any atom is 0.387 e. The lowest BCUT2D eigenvalue weighted by Gasteiger charge is -2.22. The second kappa shape index (κ2) is 9.30. The first-order chi connectivity index (χ1) is 14.3. The minimum Gasteiger partial charge on any atom is -0.495 e. The van der Waals surface area contributed by atoms with Crippen molar-refractivity contribution in [3.63, 3.8) is 0 Å². The molecule has 3 rings (SSSR count). The zero-order valence-electron chi connectivity index (χ0n) is 16.5. The SMILES string of the molecule is COc1ccc(Cl)cc1N1CC(C(=O)N(C)Cc2ccc(OC(F)F)cc2)CC1=O. The summed E-state index contributed by atoms with van der Waals surface area (Å²) >= 11 is 6.06. The summed E-state index contributed by atoms with van der Waals surface area (Å²) < 4.78 is 34.1. The Kier molecular flexibility index (Phi) is 6.77. The highest BCUT2D eigenvalue weighted by molar-refractivity contribution is 6.31. The average molecular weight is 439 g/mol. The van der Waals surface area contributed by atoms with Crippen molar-refractivity contribution in [3.05, 3.63) is 53.1 Å². The van der Waals surface area contributed by atoms with Gasteiger partial charge in [-0.15, -0.1) is 0 Å². The highest BCUT2D eigenvalue weighted by atomic mass is 35.5. The van der Waals surface area contributed by atoms with Crippen LogP contribution in [0.5, 0.6) is 11.5 Å². The Morgan fingerprint density at radius 1 is 1.27 bits per heavy atom. The van der Waals surface area contributed by atoms with Crippen molar-refractivity contribution in [2.24, 2.45) is 5.92 Å². The molecule has 1 heterocycles.